The van der Waals surface area contributed by atoms with Gasteiger partial charge >= 0.3 is 0 Å². The minimum absolute atomic E-state index is 0.0193. The molecule has 1 atom stereocenters. The van der Waals surface area contributed by atoms with Crippen LogP contribution in [0.2, 0.25) is 0 Å². The molecule has 27 heavy (non-hydrogen) atoms. The maximum atomic E-state index is 12.3. The van der Waals surface area contributed by atoms with Crippen LogP contribution < -0.4 is 10.6 Å². The number of aromatic nitrogens is 4. The summed E-state index contributed by atoms with van der Waals surface area (Å²) in [5, 5.41) is 17.3. The van der Waals surface area contributed by atoms with E-state index in [9.17, 15) is 9.59 Å². The number of ether oxygens (including phenoxy) is 1. The minimum Gasteiger partial charge on any atom is -0.383 e. The van der Waals surface area contributed by atoms with Gasteiger partial charge in [0.1, 0.15) is 0 Å². The molecule has 0 saturated carbocycles. The molecule has 2 amide bonds. The number of benzene rings is 1. The highest BCUT2D eigenvalue weighted by atomic mass is 16.5. The van der Waals surface area contributed by atoms with E-state index < -0.39 is 5.91 Å². The molecule has 0 aliphatic heterocycles. The number of nitrogens with zero attached hydrogens (tertiary/aromatic N) is 4. The largest absolute Gasteiger partial charge is 0.383 e. The molecule has 0 spiro atoms. The first kappa shape index (κ1) is 18.7. The minimum atomic E-state index is -0.413. The number of hydrogen-bond acceptors (Lipinski definition) is 6. The van der Waals surface area contributed by atoms with Gasteiger partial charge in [0.15, 0.2) is 0 Å². The van der Waals surface area contributed by atoms with Crippen molar-refractivity contribution in [2.45, 2.75) is 19.3 Å². The van der Waals surface area contributed by atoms with Gasteiger partial charge in [-0.1, -0.05) is 12.2 Å². The van der Waals surface area contributed by atoms with E-state index in [1.807, 2.05) is 0 Å². The van der Waals surface area contributed by atoms with Crippen LogP contribution in [-0.4, -0.2) is 52.3 Å². The molecule has 3 rings (SSSR count). The molecule has 0 fully saturated rings. The van der Waals surface area contributed by atoms with Crippen molar-refractivity contribution in [1.29, 1.82) is 0 Å². The van der Waals surface area contributed by atoms with E-state index in [-0.39, 0.29) is 17.6 Å². The number of tetrazole rings is 1. The van der Waals surface area contributed by atoms with Crippen molar-refractivity contribution in [3.63, 3.8) is 0 Å². The van der Waals surface area contributed by atoms with Gasteiger partial charge < -0.3 is 15.4 Å². The lowest BCUT2D eigenvalue weighted by Crippen LogP contribution is -2.28. The topological polar surface area (TPSA) is 111 Å². The molecule has 2 aromatic rings. The number of amides is 2. The van der Waals surface area contributed by atoms with Crippen molar-refractivity contribution >= 4 is 17.5 Å². The van der Waals surface area contributed by atoms with Crippen molar-refractivity contribution < 1.29 is 14.3 Å². The summed E-state index contributed by atoms with van der Waals surface area (Å²) in [5.41, 5.74) is 1.34. The van der Waals surface area contributed by atoms with Crippen LogP contribution in [0.4, 0.5) is 5.69 Å². The van der Waals surface area contributed by atoms with E-state index in [0.717, 1.165) is 19.3 Å². The number of allylic oxidation sites excluding steroid dienone is 2. The maximum absolute atomic E-state index is 12.3. The fourth-order valence-corrected chi connectivity index (χ4v) is 2.71. The van der Waals surface area contributed by atoms with Crippen LogP contribution in [-0.2, 0) is 9.53 Å². The fourth-order valence-electron chi connectivity index (χ4n) is 2.71. The number of anilines is 1. The third-order valence-corrected chi connectivity index (χ3v) is 4.21. The van der Waals surface area contributed by atoms with Gasteiger partial charge in [-0.15, -0.1) is 15.0 Å². The molecule has 2 N–H and O–H groups in total. The summed E-state index contributed by atoms with van der Waals surface area (Å²) in [6, 6.07) is 7.05. The zero-order chi connectivity index (χ0) is 19.1. The van der Waals surface area contributed by atoms with Crippen LogP contribution in [0.5, 0.6) is 0 Å². The number of nitrogens with one attached hydrogen (secondary N) is 2. The molecule has 9 heteroatoms. The van der Waals surface area contributed by atoms with Crippen LogP contribution in [0.25, 0.3) is 5.69 Å². The Labute approximate surface area is 156 Å². The molecule has 9 nitrogen and oxygen atoms in total. The van der Waals surface area contributed by atoms with Gasteiger partial charge in [0, 0.05) is 25.3 Å². The Morgan fingerprint density at radius 2 is 2.07 bits per heavy atom. The third-order valence-electron chi connectivity index (χ3n) is 4.21. The average Bonchev–Trinajstić information content (AvgIpc) is 3.20. The fraction of sp³-hybridized carbons (Fsp3) is 0.389. The van der Waals surface area contributed by atoms with Gasteiger partial charge in [0.05, 0.1) is 12.3 Å². The molecule has 1 aliphatic carbocycles. The van der Waals surface area contributed by atoms with Crippen LogP contribution >= 0.6 is 0 Å². The Morgan fingerprint density at radius 3 is 2.78 bits per heavy atom. The lowest BCUT2D eigenvalue weighted by molar-refractivity contribution is -0.120. The molecule has 0 radical (unpaired) electrons. The first-order chi connectivity index (χ1) is 13.2. The summed E-state index contributed by atoms with van der Waals surface area (Å²) < 4.78 is 4.87. The van der Waals surface area contributed by atoms with E-state index in [4.69, 9.17) is 4.74 Å². The Balaban J connectivity index is 1.59. The van der Waals surface area contributed by atoms with Gasteiger partial charge in [0.25, 0.3) is 11.7 Å². The van der Waals surface area contributed by atoms with E-state index in [1.165, 1.54) is 4.80 Å². The van der Waals surface area contributed by atoms with Crippen LogP contribution in [0.15, 0.2) is 36.4 Å². The molecule has 0 bridgehead atoms. The molecule has 1 aliphatic rings. The Bertz CT molecular complexity index is 815. The highest BCUT2D eigenvalue weighted by Crippen LogP contribution is 2.20. The highest BCUT2D eigenvalue weighted by molar-refractivity contribution is 5.92. The zero-order valence-electron chi connectivity index (χ0n) is 15.1. The van der Waals surface area contributed by atoms with Gasteiger partial charge in [-0.25, -0.2) is 0 Å². The summed E-state index contributed by atoms with van der Waals surface area (Å²) in [5.74, 6) is -0.385. The predicted molar refractivity (Wildman–Crippen MR) is 98.5 cm³/mol. The summed E-state index contributed by atoms with van der Waals surface area (Å²) in [4.78, 5) is 25.4. The van der Waals surface area contributed by atoms with E-state index in [0.29, 0.717) is 24.5 Å². The highest BCUT2D eigenvalue weighted by Gasteiger charge is 2.18. The van der Waals surface area contributed by atoms with Gasteiger partial charge in [0.2, 0.25) is 5.91 Å². The number of rotatable bonds is 7. The second-order valence-electron chi connectivity index (χ2n) is 6.17. The first-order valence-electron chi connectivity index (χ1n) is 8.81. The zero-order valence-corrected chi connectivity index (χ0v) is 15.1. The van der Waals surface area contributed by atoms with E-state index >= 15 is 0 Å². The molecule has 1 unspecified atom stereocenters. The molecule has 142 valence electrons. The third kappa shape index (κ3) is 4.98. The molecule has 1 aromatic heterocycles. The lowest BCUT2D eigenvalue weighted by Gasteiger charge is -2.17. The number of hydrogen-bond donors (Lipinski definition) is 2. The molecule has 1 heterocycles. The van der Waals surface area contributed by atoms with Gasteiger partial charge in [-0.2, -0.15) is 0 Å². The first-order valence-corrected chi connectivity index (χ1v) is 8.81. The lowest BCUT2D eigenvalue weighted by atomic mass is 9.93. The summed E-state index contributed by atoms with van der Waals surface area (Å²) in [6.07, 6.45) is 6.75. The SMILES string of the molecule is COCCNC(=O)c1nnn(-c2ccc(NC(=O)C3CC=CCC3)cc2)n1. The Hall–Kier alpha value is -3.07. The van der Waals surface area contributed by atoms with E-state index in [2.05, 4.69) is 38.2 Å². The smallest absolute Gasteiger partial charge is 0.292 e. The normalized spacial score (nSPS) is 16.1. The van der Waals surface area contributed by atoms with Crippen molar-refractivity contribution in [2.24, 2.45) is 5.92 Å². The summed E-state index contributed by atoms with van der Waals surface area (Å²) >= 11 is 0. The standard InChI is InChI=1S/C18H22N6O3/c1-27-12-11-19-18(26)16-21-23-24(22-16)15-9-7-14(8-10-15)20-17(25)13-5-3-2-4-6-13/h2-3,7-10,13H,4-6,11-12H2,1H3,(H,19,26)(H,20,25). The second-order valence-corrected chi connectivity index (χ2v) is 6.17. The number of methoxy groups -OCH3 is 1. The van der Waals surface area contributed by atoms with Gasteiger partial charge in [-0.05, 0) is 48.7 Å². The van der Waals surface area contributed by atoms with Crippen LogP contribution in [0.3, 0.4) is 0 Å². The second kappa shape index (κ2) is 9.04. The Morgan fingerprint density at radius 1 is 1.26 bits per heavy atom. The van der Waals surface area contributed by atoms with Crippen LogP contribution in [0, 0.1) is 5.92 Å². The van der Waals surface area contributed by atoms with E-state index in [1.54, 1.807) is 31.4 Å². The van der Waals surface area contributed by atoms with Crippen molar-refractivity contribution in [3.05, 3.63) is 42.2 Å². The van der Waals surface area contributed by atoms with Crippen LogP contribution in [0.1, 0.15) is 29.9 Å². The number of carbonyl (C=O) groups excluding carboxylic acids is 2. The van der Waals surface area contributed by atoms with Crippen molar-refractivity contribution in [1.82, 2.24) is 25.5 Å². The molecule has 0 saturated heterocycles. The predicted octanol–water partition coefficient (Wildman–Crippen LogP) is 1.33. The number of carbonyl (C=O) groups is 2. The maximum Gasteiger partial charge on any atom is 0.292 e. The molecular formula is C18H22N6O3. The average molecular weight is 370 g/mol. The quantitative estimate of drug-likeness (QED) is 0.562. The monoisotopic (exact) mass is 370 g/mol. The van der Waals surface area contributed by atoms with Gasteiger partial charge in [-0.3, -0.25) is 9.59 Å². The Kier molecular flexibility index (Phi) is 6.26. The summed E-state index contributed by atoms with van der Waals surface area (Å²) in [7, 11) is 1.55. The van der Waals surface area contributed by atoms with Crippen molar-refractivity contribution in [2.75, 3.05) is 25.6 Å². The molecule has 1 aromatic carbocycles. The molecular weight excluding hydrogens is 348 g/mol. The summed E-state index contributed by atoms with van der Waals surface area (Å²) in [6.45, 7) is 0.777. The van der Waals surface area contributed by atoms with Crippen molar-refractivity contribution in [3.8, 4) is 5.69 Å².